The molecule has 1 aromatic carbocycles. The molecule has 0 radical (unpaired) electrons. The number of para-hydroxylation sites is 1. The van der Waals surface area contributed by atoms with Gasteiger partial charge in [0.25, 0.3) is 0 Å². The lowest BCUT2D eigenvalue weighted by molar-refractivity contribution is 0.108. The molecule has 2 heterocycles. The fraction of sp³-hybridized carbons (Fsp3) is 0.647. The Morgan fingerprint density at radius 1 is 1.30 bits per heavy atom. The summed E-state index contributed by atoms with van der Waals surface area (Å²) >= 11 is 0. The minimum absolute atomic E-state index is 0.553. The molecule has 2 aliphatic heterocycles. The van der Waals surface area contributed by atoms with Crippen LogP contribution in [0.25, 0.3) is 0 Å². The van der Waals surface area contributed by atoms with E-state index in [-0.39, 0.29) is 0 Å². The summed E-state index contributed by atoms with van der Waals surface area (Å²) < 4.78 is 5.85. The highest BCUT2D eigenvalue weighted by Crippen LogP contribution is 2.39. The Bertz CT molecular complexity index is 486. The van der Waals surface area contributed by atoms with E-state index in [9.17, 15) is 0 Å². The number of ether oxygens (including phenoxy) is 1. The molecule has 108 valence electrons. The number of nitrogens with one attached hydrogen (secondary N) is 1. The van der Waals surface area contributed by atoms with E-state index in [0.717, 1.165) is 30.9 Å². The second kappa shape index (κ2) is 5.05. The van der Waals surface area contributed by atoms with E-state index >= 15 is 0 Å². The lowest BCUT2D eigenvalue weighted by Gasteiger charge is -2.40. The molecule has 0 amide bonds. The summed E-state index contributed by atoms with van der Waals surface area (Å²) in [4.78, 5) is 2.73. The molecule has 1 N–H and O–H groups in total. The lowest BCUT2D eigenvalue weighted by Crippen LogP contribution is -2.57. The second-order valence-corrected chi connectivity index (χ2v) is 6.71. The number of hydrogen-bond acceptors (Lipinski definition) is 3. The van der Waals surface area contributed by atoms with Gasteiger partial charge < -0.3 is 10.1 Å². The number of piperazine rings is 1. The van der Waals surface area contributed by atoms with Gasteiger partial charge in [-0.05, 0) is 31.7 Å². The topological polar surface area (TPSA) is 24.5 Å². The molecule has 4 rings (SSSR count). The van der Waals surface area contributed by atoms with Crippen LogP contribution < -0.4 is 10.1 Å². The van der Waals surface area contributed by atoms with Crippen molar-refractivity contribution >= 4 is 0 Å². The fourth-order valence-corrected chi connectivity index (χ4v) is 3.82. The maximum absolute atomic E-state index is 5.85. The third-order valence-corrected chi connectivity index (χ3v) is 5.07. The number of nitrogens with zero attached hydrogens (tertiary/aromatic N) is 1. The molecule has 0 aromatic heterocycles. The van der Waals surface area contributed by atoms with Gasteiger partial charge in [0.15, 0.2) is 0 Å². The van der Waals surface area contributed by atoms with Crippen molar-refractivity contribution in [2.75, 3.05) is 26.2 Å². The fourth-order valence-electron chi connectivity index (χ4n) is 3.82. The molecular formula is C17H24N2O. The van der Waals surface area contributed by atoms with Crippen LogP contribution in [0, 0.1) is 5.92 Å². The van der Waals surface area contributed by atoms with Crippen LogP contribution in [0.3, 0.4) is 0 Å². The zero-order chi connectivity index (χ0) is 13.5. The SMILES string of the molecule is CC1CN(CC2COc3ccccc32)C(C2CC2)CN1. The molecule has 1 saturated carbocycles. The summed E-state index contributed by atoms with van der Waals surface area (Å²) in [6.07, 6.45) is 2.85. The predicted octanol–water partition coefficient (Wildman–Crippen LogP) is 2.23. The standard InChI is InChI=1S/C17H24N2O/c1-12-9-19(16(8-18-12)13-6-7-13)10-14-11-20-17-5-3-2-4-15(14)17/h2-5,12-14,16,18H,6-11H2,1H3. The van der Waals surface area contributed by atoms with Crippen molar-refractivity contribution in [1.82, 2.24) is 10.2 Å². The summed E-state index contributed by atoms with van der Waals surface area (Å²) in [7, 11) is 0. The van der Waals surface area contributed by atoms with Gasteiger partial charge >= 0.3 is 0 Å². The smallest absolute Gasteiger partial charge is 0.122 e. The summed E-state index contributed by atoms with van der Waals surface area (Å²) in [6.45, 7) is 6.66. The summed E-state index contributed by atoms with van der Waals surface area (Å²) in [5.74, 6) is 2.59. The van der Waals surface area contributed by atoms with Gasteiger partial charge in [-0.1, -0.05) is 18.2 Å². The van der Waals surface area contributed by atoms with E-state index in [4.69, 9.17) is 4.74 Å². The maximum atomic E-state index is 5.85. The van der Waals surface area contributed by atoms with Crippen molar-refractivity contribution in [3.8, 4) is 5.75 Å². The van der Waals surface area contributed by atoms with E-state index in [2.05, 4.69) is 41.4 Å². The van der Waals surface area contributed by atoms with Gasteiger partial charge in [0.05, 0.1) is 6.61 Å². The first-order valence-corrected chi connectivity index (χ1v) is 8.00. The molecule has 1 saturated heterocycles. The quantitative estimate of drug-likeness (QED) is 0.913. The highest BCUT2D eigenvalue weighted by atomic mass is 16.5. The van der Waals surface area contributed by atoms with Crippen LogP contribution >= 0.6 is 0 Å². The Hall–Kier alpha value is -1.06. The highest BCUT2D eigenvalue weighted by Gasteiger charge is 2.39. The second-order valence-electron chi connectivity index (χ2n) is 6.71. The maximum Gasteiger partial charge on any atom is 0.122 e. The minimum atomic E-state index is 0.553. The van der Waals surface area contributed by atoms with Gasteiger partial charge in [0, 0.05) is 43.2 Å². The first kappa shape index (κ1) is 12.7. The van der Waals surface area contributed by atoms with Gasteiger partial charge in [0.1, 0.15) is 5.75 Å². The van der Waals surface area contributed by atoms with E-state index < -0.39 is 0 Å². The van der Waals surface area contributed by atoms with E-state index in [1.807, 2.05) is 0 Å². The van der Waals surface area contributed by atoms with Crippen molar-refractivity contribution in [2.45, 2.75) is 37.8 Å². The molecule has 0 spiro atoms. The van der Waals surface area contributed by atoms with E-state index in [1.165, 1.54) is 31.5 Å². The van der Waals surface area contributed by atoms with Crippen LogP contribution in [0.15, 0.2) is 24.3 Å². The Morgan fingerprint density at radius 2 is 2.15 bits per heavy atom. The van der Waals surface area contributed by atoms with Gasteiger partial charge in [-0.15, -0.1) is 0 Å². The van der Waals surface area contributed by atoms with Gasteiger partial charge in [-0.3, -0.25) is 4.90 Å². The molecule has 3 nitrogen and oxygen atoms in total. The van der Waals surface area contributed by atoms with Crippen LogP contribution in [0.2, 0.25) is 0 Å². The monoisotopic (exact) mass is 272 g/mol. The van der Waals surface area contributed by atoms with Crippen LogP contribution in [0.4, 0.5) is 0 Å². The largest absolute Gasteiger partial charge is 0.493 e. The van der Waals surface area contributed by atoms with E-state index in [0.29, 0.717) is 12.0 Å². The summed E-state index contributed by atoms with van der Waals surface area (Å²) in [5.41, 5.74) is 1.41. The number of rotatable bonds is 3. The van der Waals surface area contributed by atoms with Crippen molar-refractivity contribution in [3.63, 3.8) is 0 Å². The molecule has 2 fully saturated rings. The molecule has 0 bridgehead atoms. The van der Waals surface area contributed by atoms with Crippen molar-refractivity contribution < 1.29 is 4.74 Å². The normalized spacial score (nSPS) is 33.8. The average Bonchev–Trinajstić information content (AvgIpc) is 3.22. The Morgan fingerprint density at radius 3 is 3.00 bits per heavy atom. The third kappa shape index (κ3) is 2.33. The first-order chi connectivity index (χ1) is 9.81. The van der Waals surface area contributed by atoms with Gasteiger partial charge in [0.2, 0.25) is 0 Å². The van der Waals surface area contributed by atoms with Crippen LogP contribution in [0.5, 0.6) is 5.75 Å². The van der Waals surface area contributed by atoms with Crippen LogP contribution in [-0.4, -0.2) is 43.2 Å². The molecule has 20 heavy (non-hydrogen) atoms. The highest BCUT2D eigenvalue weighted by molar-refractivity contribution is 5.39. The van der Waals surface area contributed by atoms with Crippen molar-refractivity contribution in [3.05, 3.63) is 29.8 Å². The molecule has 3 unspecified atom stereocenters. The minimum Gasteiger partial charge on any atom is -0.493 e. The first-order valence-electron chi connectivity index (χ1n) is 8.00. The number of benzene rings is 1. The zero-order valence-electron chi connectivity index (χ0n) is 12.2. The van der Waals surface area contributed by atoms with E-state index in [1.54, 1.807) is 0 Å². The molecule has 1 aliphatic carbocycles. The van der Waals surface area contributed by atoms with Crippen LogP contribution in [-0.2, 0) is 0 Å². The summed E-state index contributed by atoms with van der Waals surface area (Å²) in [5, 5.41) is 3.65. The van der Waals surface area contributed by atoms with Gasteiger partial charge in [-0.25, -0.2) is 0 Å². The lowest BCUT2D eigenvalue weighted by atomic mass is 9.97. The molecular weight excluding hydrogens is 248 g/mol. The van der Waals surface area contributed by atoms with Crippen molar-refractivity contribution in [1.29, 1.82) is 0 Å². The van der Waals surface area contributed by atoms with Crippen LogP contribution in [0.1, 0.15) is 31.2 Å². The average molecular weight is 272 g/mol. The Balaban J connectivity index is 1.49. The number of fused-ring (bicyclic) bond motifs is 1. The Labute approximate surface area is 121 Å². The zero-order valence-corrected chi connectivity index (χ0v) is 12.2. The Kier molecular flexibility index (Phi) is 3.20. The molecule has 3 aliphatic rings. The molecule has 3 atom stereocenters. The predicted molar refractivity (Wildman–Crippen MR) is 80.2 cm³/mol. The summed E-state index contributed by atoms with van der Waals surface area (Å²) in [6, 6.07) is 9.92. The van der Waals surface area contributed by atoms with Crippen molar-refractivity contribution in [2.24, 2.45) is 5.92 Å². The van der Waals surface area contributed by atoms with Gasteiger partial charge in [-0.2, -0.15) is 0 Å². The molecule has 1 aromatic rings. The number of hydrogen-bond donors (Lipinski definition) is 1. The third-order valence-electron chi connectivity index (χ3n) is 5.07. The molecule has 3 heteroatoms.